The van der Waals surface area contributed by atoms with Crippen molar-refractivity contribution in [2.45, 2.75) is 123 Å². The fourth-order valence-corrected chi connectivity index (χ4v) is 3.97. The Morgan fingerprint density at radius 2 is 1.48 bits per heavy atom. The highest BCUT2D eigenvalue weighted by atomic mass is 16.7. The second kappa shape index (κ2) is 21.2. The summed E-state index contributed by atoms with van der Waals surface area (Å²) in [5.41, 5.74) is 0. The molecule has 33 heavy (non-hydrogen) atoms. The van der Waals surface area contributed by atoms with Crippen LogP contribution in [-0.4, -0.2) is 31.6 Å². The minimum absolute atomic E-state index is 0.121. The highest BCUT2D eigenvalue weighted by Crippen LogP contribution is 2.24. The summed E-state index contributed by atoms with van der Waals surface area (Å²) in [4.78, 5) is 12.1. The quantitative estimate of drug-likeness (QED) is 0.111. The Hall–Kier alpha value is -1.39. The predicted octanol–water partition coefficient (Wildman–Crippen LogP) is 8.08. The lowest BCUT2D eigenvalue weighted by Gasteiger charge is -2.33. The number of hydrogen-bond donors (Lipinski definition) is 0. The van der Waals surface area contributed by atoms with Gasteiger partial charge in [-0.25, -0.2) is 0 Å². The first kappa shape index (κ1) is 29.6. The molecule has 0 aliphatic carbocycles. The van der Waals surface area contributed by atoms with E-state index in [1.165, 1.54) is 32.1 Å². The normalized spacial score (nSPS) is 20.2. The molecule has 4 nitrogen and oxygen atoms in total. The van der Waals surface area contributed by atoms with E-state index < -0.39 is 0 Å². The second-order valence-electron chi connectivity index (χ2n) is 9.06. The van der Waals surface area contributed by atoms with Crippen LogP contribution in [0.15, 0.2) is 36.5 Å². The third-order valence-electron chi connectivity index (χ3n) is 6.06. The van der Waals surface area contributed by atoms with Gasteiger partial charge in [-0.1, -0.05) is 89.3 Å². The summed E-state index contributed by atoms with van der Waals surface area (Å²) in [5, 5.41) is 0. The smallest absolute Gasteiger partial charge is 0.306 e. The SMILES string of the molecule is CC/C=C/C/C=C/C/C=C/CCCCCCCC(=O)OC1COC(C(CC)CCCC)OC1. The van der Waals surface area contributed by atoms with Crippen LogP contribution in [0.1, 0.15) is 111 Å². The van der Waals surface area contributed by atoms with Gasteiger partial charge in [-0.15, -0.1) is 0 Å². The van der Waals surface area contributed by atoms with Crippen molar-refractivity contribution in [2.75, 3.05) is 13.2 Å². The Balaban J connectivity index is 1.97. The fraction of sp³-hybridized carbons (Fsp3) is 0.759. The average Bonchev–Trinajstić information content (AvgIpc) is 2.83. The van der Waals surface area contributed by atoms with Crippen LogP contribution >= 0.6 is 0 Å². The molecule has 1 fully saturated rings. The van der Waals surface area contributed by atoms with Crippen molar-refractivity contribution >= 4 is 5.97 Å². The number of hydrogen-bond acceptors (Lipinski definition) is 4. The molecule has 0 aromatic rings. The molecule has 0 N–H and O–H groups in total. The summed E-state index contributed by atoms with van der Waals surface area (Å²) in [7, 11) is 0. The molecule has 1 atom stereocenters. The van der Waals surface area contributed by atoms with Gasteiger partial charge in [0.05, 0.1) is 13.2 Å². The lowest BCUT2D eigenvalue weighted by Crippen LogP contribution is -2.41. The minimum Gasteiger partial charge on any atom is -0.457 e. The first-order valence-electron chi connectivity index (χ1n) is 13.6. The van der Waals surface area contributed by atoms with Crippen molar-refractivity contribution in [1.82, 2.24) is 0 Å². The number of allylic oxidation sites excluding steroid dienone is 6. The summed E-state index contributed by atoms with van der Waals surface area (Å²) >= 11 is 0. The third kappa shape index (κ3) is 16.0. The van der Waals surface area contributed by atoms with Crippen LogP contribution in [0.4, 0.5) is 0 Å². The van der Waals surface area contributed by atoms with E-state index >= 15 is 0 Å². The topological polar surface area (TPSA) is 44.8 Å². The highest BCUT2D eigenvalue weighted by molar-refractivity contribution is 5.69. The molecule has 1 saturated heterocycles. The summed E-state index contributed by atoms with van der Waals surface area (Å²) in [6.45, 7) is 7.46. The maximum atomic E-state index is 12.1. The number of unbranched alkanes of at least 4 members (excludes halogenated alkanes) is 6. The molecule has 1 aliphatic rings. The summed E-state index contributed by atoms with van der Waals surface area (Å²) < 4.78 is 17.3. The Labute approximate surface area is 203 Å². The van der Waals surface area contributed by atoms with Crippen molar-refractivity contribution in [3.05, 3.63) is 36.5 Å². The molecule has 0 spiro atoms. The third-order valence-corrected chi connectivity index (χ3v) is 6.06. The summed E-state index contributed by atoms with van der Waals surface area (Å²) in [5.74, 6) is 0.316. The van der Waals surface area contributed by atoms with Crippen LogP contribution in [0.3, 0.4) is 0 Å². The molecular formula is C29H50O4. The van der Waals surface area contributed by atoms with E-state index in [1.807, 2.05) is 0 Å². The molecule has 0 aromatic heterocycles. The number of carbonyl (C=O) groups excluding carboxylic acids is 1. The predicted molar refractivity (Wildman–Crippen MR) is 138 cm³/mol. The van der Waals surface area contributed by atoms with Gasteiger partial charge in [-0.3, -0.25) is 4.79 Å². The van der Waals surface area contributed by atoms with Crippen LogP contribution in [0.5, 0.6) is 0 Å². The maximum absolute atomic E-state index is 12.1. The molecule has 0 amide bonds. The number of esters is 1. The van der Waals surface area contributed by atoms with E-state index in [4.69, 9.17) is 14.2 Å². The largest absolute Gasteiger partial charge is 0.457 e. The van der Waals surface area contributed by atoms with Crippen LogP contribution in [0.25, 0.3) is 0 Å². The van der Waals surface area contributed by atoms with Crippen LogP contribution in [-0.2, 0) is 19.0 Å². The lowest BCUT2D eigenvalue weighted by atomic mass is 9.98. The maximum Gasteiger partial charge on any atom is 0.306 e. The Kier molecular flexibility index (Phi) is 19.0. The van der Waals surface area contributed by atoms with Gasteiger partial charge in [-0.2, -0.15) is 0 Å². The van der Waals surface area contributed by atoms with Gasteiger partial charge >= 0.3 is 5.97 Å². The van der Waals surface area contributed by atoms with E-state index in [0.29, 0.717) is 25.6 Å². The number of carbonyl (C=O) groups is 1. The van der Waals surface area contributed by atoms with Gasteiger partial charge < -0.3 is 14.2 Å². The molecular weight excluding hydrogens is 412 g/mol. The van der Waals surface area contributed by atoms with Crippen molar-refractivity contribution in [2.24, 2.45) is 5.92 Å². The first-order chi connectivity index (χ1) is 16.2. The molecule has 1 unspecified atom stereocenters. The van der Waals surface area contributed by atoms with Crippen molar-refractivity contribution in [1.29, 1.82) is 0 Å². The molecule has 0 radical (unpaired) electrons. The minimum atomic E-state index is -0.258. The van der Waals surface area contributed by atoms with Crippen molar-refractivity contribution < 1.29 is 19.0 Å². The molecule has 1 aliphatic heterocycles. The van der Waals surface area contributed by atoms with Gasteiger partial charge in [0.1, 0.15) is 6.10 Å². The van der Waals surface area contributed by atoms with Gasteiger partial charge in [0.2, 0.25) is 0 Å². The monoisotopic (exact) mass is 462 g/mol. The average molecular weight is 463 g/mol. The Morgan fingerprint density at radius 1 is 0.848 bits per heavy atom. The zero-order chi connectivity index (χ0) is 24.0. The van der Waals surface area contributed by atoms with Gasteiger partial charge in [0, 0.05) is 12.3 Å². The molecule has 1 heterocycles. The van der Waals surface area contributed by atoms with Gasteiger partial charge in [-0.05, 0) is 51.4 Å². The summed E-state index contributed by atoms with van der Waals surface area (Å²) in [6, 6.07) is 0. The lowest BCUT2D eigenvalue weighted by molar-refractivity contribution is -0.245. The van der Waals surface area contributed by atoms with Crippen molar-refractivity contribution in [3.8, 4) is 0 Å². The van der Waals surface area contributed by atoms with Gasteiger partial charge in [0.15, 0.2) is 6.29 Å². The van der Waals surface area contributed by atoms with E-state index in [2.05, 4.69) is 57.2 Å². The zero-order valence-corrected chi connectivity index (χ0v) is 21.6. The van der Waals surface area contributed by atoms with E-state index in [0.717, 1.165) is 51.4 Å². The molecule has 0 saturated carbocycles. The second-order valence-corrected chi connectivity index (χ2v) is 9.06. The fourth-order valence-electron chi connectivity index (χ4n) is 3.97. The number of rotatable bonds is 19. The zero-order valence-electron chi connectivity index (χ0n) is 21.6. The standard InChI is InChI=1S/C29H50O4/c1-4-7-9-10-11-12-13-14-15-16-17-18-19-20-21-23-28(30)33-27-24-31-29(32-25-27)26(6-3)22-8-5-2/h7,9,11-12,14-15,26-27,29H,4-6,8,10,13,16-25H2,1-3H3/b9-7+,12-11+,15-14+. The van der Waals surface area contributed by atoms with Crippen LogP contribution in [0.2, 0.25) is 0 Å². The van der Waals surface area contributed by atoms with Crippen molar-refractivity contribution in [3.63, 3.8) is 0 Å². The first-order valence-corrected chi connectivity index (χ1v) is 13.6. The Morgan fingerprint density at radius 3 is 2.15 bits per heavy atom. The van der Waals surface area contributed by atoms with Gasteiger partial charge in [0.25, 0.3) is 0 Å². The Bertz CT molecular complexity index is 544. The van der Waals surface area contributed by atoms with E-state index in [9.17, 15) is 4.79 Å². The molecule has 1 rings (SSSR count). The number of ether oxygens (including phenoxy) is 3. The molecule has 4 heteroatoms. The van der Waals surface area contributed by atoms with E-state index in [-0.39, 0.29) is 18.4 Å². The van der Waals surface area contributed by atoms with E-state index in [1.54, 1.807) is 0 Å². The molecule has 0 bridgehead atoms. The molecule has 190 valence electrons. The van der Waals surface area contributed by atoms with Crippen LogP contribution < -0.4 is 0 Å². The molecule has 0 aromatic carbocycles. The highest BCUT2D eigenvalue weighted by Gasteiger charge is 2.29. The summed E-state index contributed by atoms with van der Waals surface area (Å²) in [6.07, 6.45) is 28.0. The van der Waals surface area contributed by atoms with Crippen LogP contribution in [0, 0.1) is 5.92 Å².